The van der Waals surface area contributed by atoms with Gasteiger partial charge in [-0.2, -0.15) is 0 Å². The molecule has 1 fully saturated rings. The third-order valence-corrected chi connectivity index (χ3v) is 4.98. The second-order valence-electron chi connectivity index (χ2n) is 6.76. The van der Waals surface area contributed by atoms with Crippen LogP contribution in [0.1, 0.15) is 12.5 Å². The fourth-order valence-corrected chi connectivity index (χ4v) is 3.53. The summed E-state index contributed by atoms with van der Waals surface area (Å²) in [5.74, 6) is 0.274. The molecule has 0 radical (unpaired) electrons. The van der Waals surface area contributed by atoms with Crippen LogP contribution in [-0.4, -0.2) is 54.4 Å². The van der Waals surface area contributed by atoms with Gasteiger partial charge >= 0.3 is 0 Å². The molecular weight excluding hydrogens is 342 g/mol. The first kappa shape index (κ1) is 18.9. The van der Waals surface area contributed by atoms with Crippen molar-refractivity contribution < 1.29 is 14.3 Å². The van der Waals surface area contributed by atoms with E-state index in [4.69, 9.17) is 10.5 Å². The van der Waals surface area contributed by atoms with Crippen molar-refractivity contribution in [1.82, 2.24) is 9.80 Å². The van der Waals surface area contributed by atoms with Crippen LogP contribution in [0.3, 0.4) is 0 Å². The highest BCUT2D eigenvalue weighted by atomic mass is 16.5. The van der Waals surface area contributed by atoms with Crippen LogP contribution < -0.4 is 10.5 Å². The van der Waals surface area contributed by atoms with Crippen LogP contribution in [0.15, 0.2) is 48.5 Å². The molecule has 6 heteroatoms. The van der Waals surface area contributed by atoms with Gasteiger partial charge in [0.2, 0.25) is 11.8 Å². The maximum atomic E-state index is 11.7. The van der Waals surface area contributed by atoms with Crippen LogP contribution in [-0.2, 0) is 16.1 Å². The fourth-order valence-electron chi connectivity index (χ4n) is 3.53. The quantitative estimate of drug-likeness (QED) is 0.875. The number of ether oxygens (including phenoxy) is 1. The molecule has 2 amide bonds. The summed E-state index contributed by atoms with van der Waals surface area (Å²) in [7, 11) is 1.67. The summed E-state index contributed by atoms with van der Waals surface area (Å²) in [6.07, 6.45) is 0. The first-order valence-corrected chi connectivity index (χ1v) is 9.01. The summed E-state index contributed by atoms with van der Waals surface area (Å²) in [6.45, 7) is 3.88. The van der Waals surface area contributed by atoms with E-state index >= 15 is 0 Å². The lowest BCUT2D eigenvalue weighted by atomic mass is 10.0. The molecule has 0 spiro atoms. The lowest BCUT2D eigenvalue weighted by molar-refractivity contribution is -0.141. The summed E-state index contributed by atoms with van der Waals surface area (Å²) >= 11 is 0. The fraction of sp³-hybridized carbons (Fsp3) is 0.333. The molecule has 0 unspecified atom stereocenters. The minimum absolute atomic E-state index is 0.111. The number of nitrogens with zero attached hydrogens (tertiary/aromatic N) is 2. The van der Waals surface area contributed by atoms with Gasteiger partial charge in [-0.15, -0.1) is 0 Å². The molecule has 0 saturated carbocycles. The first-order valence-electron chi connectivity index (χ1n) is 9.01. The number of para-hydroxylation sites is 1. The Morgan fingerprint density at radius 3 is 2.44 bits per heavy atom. The second-order valence-corrected chi connectivity index (χ2v) is 6.76. The number of piperazine rings is 1. The molecule has 0 aromatic heterocycles. The number of carbonyl (C=O) groups excluding carboxylic acids is 2. The van der Waals surface area contributed by atoms with E-state index in [1.165, 1.54) is 6.92 Å². The number of carbonyl (C=O) groups is 2. The maximum absolute atomic E-state index is 11.7. The molecular formula is C21H25N3O3. The molecule has 1 aliphatic heterocycles. The molecule has 1 aliphatic rings. The highest BCUT2D eigenvalue weighted by Gasteiger charge is 2.32. The van der Waals surface area contributed by atoms with Gasteiger partial charge in [0.25, 0.3) is 0 Å². The molecule has 0 aliphatic carbocycles. The van der Waals surface area contributed by atoms with Crippen molar-refractivity contribution in [3.63, 3.8) is 0 Å². The minimum Gasteiger partial charge on any atom is -0.496 e. The van der Waals surface area contributed by atoms with E-state index in [0.717, 1.165) is 29.0 Å². The predicted octanol–water partition coefficient (Wildman–Crippen LogP) is 1.88. The normalized spacial score (nSPS) is 17.6. The Labute approximate surface area is 159 Å². The largest absolute Gasteiger partial charge is 0.496 e. The number of hydrogen-bond donors (Lipinski definition) is 1. The summed E-state index contributed by atoms with van der Waals surface area (Å²) in [5, 5.41) is 0. The Morgan fingerprint density at radius 2 is 1.81 bits per heavy atom. The average Bonchev–Trinajstić information content (AvgIpc) is 2.68. The number of methoxy groups -OCH3 is 1. The molecule has 1 saturated heterocycles. The van der Waals surface area contributed by atoms with Gasteiger partial charge in [0.15, 0.2) is 0 Å². The van der Waals surface area contributed by atoms with Crippen molar-refractivity contribution in [2.75, 3.05) is 26.7 Å². The lowest BCUT2D eigenvalue weighted by Crippen LogP contribution is -2.59. The zero-order valence-electron chi connectivity index (χ0n) is 15.7. The summed E-state index contributed by atoms with van der Waals surface area (Å²) in [6, 6.07) is 15.7. The number of benzene rings is 2. The maximum Gasteiger partial charge on any atom is 0.241 e. The van der Waals surface area contributed by atoms with Crippen molar-refractivity contribution in [2.24, 2.45) is 5.73 Å². The van der Waals surface area contributed by atoms with E-state index < -0.39 is 11.9 Å². The number of nitrogens with two attached hydrogens (primary N) is 1. The van der Waals surface area contributed by atoms with Gasteiger partial charge in [-0.05, 0) is 17.2 Å². The highest BCUT2D eigenvalue weighted by molar-refractivity contribution is 5.86. The van der Waals surface area contributed by atoms with Crippen molar-refractivity contribution in [3.8, 4) is 16.9 Å². The Morgan fingerprint density at radius 1 is 1.11 bits per heavy atom. The predicted molar refractivity (Wildman–Crippen MR) is 104 cm³/mol. The Bertz CT molecular complexity index is 820. The number of primary amides is 1. The van der Waals surface area contributed by atoms with E-state index in [-0.39, 0.29) is 5.91 Å². The van der Waals surface area contributed by atoms with Gasteiger partial charge in [-0.25, -0.2) is 0 Å². The van der Waals surface area contributed by atoms with Crippen LogP contribution in [0.5, 0.6) is 5.75 Å². The highest BCUT2D eigenvalue weighted by Crippen LogP contribution is 2.29. The van der Waals surface area contributed by atoms with E-state index in [9.17, 15) is 9.59 Å². The van der Waals surface area contributed by atoms with Gasteiger partial charge < -0.3 is 15.4 Å². The van der Waals surface area contributed by atoms with Gasteiger partial charge in [-0.3, -0.25) is 14.5 Å². The Hall–Kier alpha value is -2.86. The van der Waals surface area contributed by atoms with Gasteiger partial charge in [-0.1, -0.05) is 42.5 Å². The topological polar surface area (TPSA) is 75.9 Å². The molecule has 142 valence electrons. The number of amides is 2. The van der Waals surface area contributed by atoms with Gasteiger partial charge in [0, 0.05) is 38.7 Å². The van der Waals surface area contributed by atoms with Crippen LogP contribution in [0.25, 0.3) is 11.1 Å². The first-order chi connectivity index (χ1) is 13.0. The summed E-state index contributed by atoms with van der Waals surface area (Å²) < 4.78 is 5.43. The van der Waals surface area contributed by atoms with E-state index in [0.29, 0.717) is 19.6 Å². The van der Waals surface area contributed by atoms with Gasteiger partial charge in [0.05, 0.1) is 7.11 Å². The molecule has 6 nitrogen and oxygen atoms in total. The minimum atomic E-state index is -0.566. The van der Waals surface area contributed by atoms with Crippen molar-refractivity contribution in [3.05, 3.63) is 54.1 Å². The van der Waals surface area contributed by atoms with Crippen LogP contribution in [0.4, 0.5) is 0 Å². The van der Waals surface area contributed by atoms with E-state index in [1.807, 2.05) is 24.3 Å². The molecule has 2 aromatic rings. The van der Waals surface area contributed by atoms with E-state index in [1.54, 1.807) is 12.0 Å². The molecule has 3 rings (SSSR count). The van der Waals surface area contributed by atoms with Crippen molar-refractivity contribution in [1.29, 1.82) is 0 Å². The second kappa shape index (κ2) is 8.22. The third-order valence-electron chi connectivity index (χ3n) is 4.98. The Kier molecular flexibility index (Phi) is 5.76. The monoisotopic (exact) mass is 367 g/mol. The van der Waals surface area contributed by atoms with Crippen LogP contribution in [0, 0.1) is 0 Å². The third kappa shape index (κ3) is 4.28. The Balaban J connectivity index is 1.70. The molecule has 0 bridgehead atoms. The summed E-state index contributed by atoms with van der Waals surface area (Å²) in [4.78, 5) is 27.1. The zero-order chi connectivity index (χ0) is 19.4. The van der Waals surface area contributed by atoms with Crippen molar-refractivity contribution in [2.45, 2.75) is 19.5 Å². The zero-order valence-corrected chi connectivity index (χ0v) is 15.7. The van der Waals surface area contributed by atoms with E-state index in [2.05, 4.69) is 29.2 Å². The standard InChI is InChI=1S/C21H25N3O3/c1-15(25)24-12-11-23(14-19(24)21(22)26)13-16-7-9-17(10-8-16)18-5-3-4-6-20(18)27-2/h3-10,19H,11-14H2,1-2H3,(H2,22,26)/t19-/m0/s1. The number of hydrogen-bond acceptors (Lipinski definition) is 4. The van der Waals surface area contributed by atoms with Gasteiger partial charge in [0.1, 0.15) is 11.8 Å². The van der Waals surface area contributed by atoms with Crippen molar-refractivity contribution >= 4 is 11.8 Å². The SMILES string of the molecule is COc1ccccc1-c1ccc(CN2CCN(C(C)=O)[C@H](C(N)=O)C2)cc1. The molecule has 1 atom stereocenters. The molecule has 2 aromatic carbocycles. The smallest absolute Gasteiger partial charge is 0.241 e. The molecule has 2 N–H and O–H groups in total. The molecule has 27 heavy (non-hydrogen) atoms. The average molecular weight is 367 g/mol. The van der Waals surface area contributed by atoms with Crippen LogP contribution >= 0.6 is 0 Å². The molecule has 1 heterocycles. The number of rotatable bonds is 5. The lowest BCUT2D eigenvalue weighted by Gasteiger charge is -2.39. The van der Waals surface area contributed by atoms with Crippen LogP contribution in [0.2, 0.25) is 0 Å². The summed E-state index contributed by atoms with van der Waals surface area (Å²) in [5.41, 5.74) is 8.78.